The lowest BCUT2D eigenvalue weighted by Gasteiger charge is -2.10. The fourth-order valence-corrected chi connectivity index (χ4v) is 2.93. The molecule has 0 saturated carbocycles. The van der Waals surface area contributed by atoms with Crippen molar-refractivity contribution in [1.29, 1.82) is 5.41 Å². The average molecular weight is 359 g/mol. The van der Waals surface area contributed by atoms with Crippen molar-refractivity contribution in [1.82, 2.24) is 9.55 Å². The summed E-state index contributed by atoms with van der Waals surface area (Å²) in [5, 5.41) is 8.65. The van der Waals surface area contributed by atoms with Gasteiger partial charge in [0.1, 0.15) is 11.7 Å². The van der Waals surface area contributed by atoms with Crippen LogP contribution in [0.3, 0.4) is 0 Å². The number of hydrogen-bond donors (Lipinski definition) is 2. The van der Waals surface area contributed by atoms with Gasteiger partial charge in [-0.2, -0.15) is 0 Å². The van der Waals surface area contributed by atoms with Crippen molar-refractivity contribution in [3.05, 3.63) is 87.4 Å². The molecule has 0 aliphatic rings. The largest absolute Gasteiger partial charge is 0.384 e. The number of halogens is 2. The Morgan fingerprint density at radius 3 is 2.75 bits per heavy atom. The minimum atomic E-state index is 0.0633. The SMILES string of the molecule is N=C(N)c1cccc(Cn2ccnc2Cc2cccc(Cl)c2Cl)c1. The number of hydrogen-bond acceptors (Lipinski definition) is 2. The molecule has 24 heavy (non-hydrogen) atoms. The Labute approximate surface area is 150 Å². The van der Waals surface area contributed by atoms with E-state index in [2.05, 4.69) is 9.55 Å². The quantitative estimate of drug-likeness (QED) is 0.532. The van der Waals surface area contributed by atoms with Gasteiger partial charge < -0.3 is 10.3 Å². The lowest BCUT2D eigenvalue weighted by molar-refractivity contribution is 0.740. The maximum atomic E-state index is 7.55. The monoisotopic (exact) mass is 358 g/mol. The molecule has 0 radical (unpaired) electrons. The molecular weight excluding hydrogens is 343 g/mol. The first kappa shape index (κ1) is 16.6. The van der Waals surface area contributed by atoms with Crippen molar-refractivity contribution >= 4 is 29.0 Å². The van der Waals surface area contributed by atoms with Gasteiger partial charge in [0.05, 0.1) is 10.0 Å². The van der Waals surface area contributed by atoms with Crippen molar-refractivity contribution in [2.75, 3.05) is 0 Å². The fraction of sp³-hybridized carbons (Fsp3) is 0.111. The Morgan fingerprint density at radius 2 is 1.96 bits per heavy atom. The third-order valence-corrected chi connectivity index (χ3v) is 4.63. The van der Waals surface area contributed by atoms with Crippen LogP contribution in [-0.2, 0) is 13.0 Å². The van der Waals surface area contributed by atoms with Crippen LogP contribution in [0, 0.1) is 5.41 Å². The van der Waals surface area contributed by atoms with Gasteiger partial charge in [0, 0.05) is 30.9 Å². The molecule has 0 spiro atoms. The van der Waals surface area contributed by atoms with E-state index in [9.17, 15) is 0 Å². The molecule has 6 heteroatoms. The predicted molar refractivity (Wildman–Crippen MR) is 98.1 cm³/mol. The normalized spacial score (nSPS) is 10.8. The number of amidine groups is 1. The molecule has 1 heterocycles. The summed E-state index contributed by atoms with van der Waals surface area (Å²) in [5.74, 6) is 0.959. The van der Waals surface area contributed by atoms with Gasteiger partial charge in [0.25, 0.3) is 0 Å². The molecule has 0 unspecified atom stereocenters. The van der Waals surface area contributed by atoms with Gasteiger partial charge in [0.15, 0.2) is 0 Å². The smallest absolute Gasteiger partial charge is 0.122 e. The molecule has 0 aliphatic heterocycles. The highest BCUT2D eigenvalue weighted by atomic mass is 35.5. The Kier molecular flexibility index (Phi) is 4.88. The van der Waals surface area contributed by atoms with Gasteiger partial charge >= 0.3 is 0 Å². The molecule has 122 valence electrons. The molecule has 3 N–H and O–H groups in total. The summed E-state index contributed by atoms with van der Waals surface area (Å²) < 4.78 is 2.05. The lowest BCUT2D eigenvalue weighted by atomic mass is 10.1. The molecule has 3 aromatic rings. The Hall–Kier alpha value is -2.30. The summed E-state index contributed by atoms with van der Waals surface area (Å²) in [6, 6.07) is 13.2. The summed E-state index contributed by atoms with van der Waals surface area (Å²) in [6.45, 7) is 0.647. The highest BCUT2D eigenvalue weighted by molar-refractivity contribution is 6.42. The van der Waals surface area contributed by atoms with E-state index >= 15 is 0 Å². The molecule has 0 fully saturated rings. The first-order valence-corrected chi connectivity index (χ1v) is 8.16. The number of imidazole rings is 1. The van der Waals surface area contributed by atoms with E-state index in [1.807, 2.05) is 42.6 Å². The van der Waals surface area contributed by atoms with Gasteiger partial charge in [-0.1, -0.05) is 53.5 Å². The van der Waals surface area contributed by atoms with E-state index in [1.54, 1.807) is 12.3 Å². The number of nitrogen functional groups attached to an aromatic ring is 1. The van der Waals surface area contributed by atoms with Gasteiger partial charge in [0.2, 0.25) is 0 Å². The third-order valence-electron chi connectivity index (χ3n) is 3.77. The minimum absolute atomic E-state index is 0.0633. The third kappa shape index (κ3) is 3.61. The van der Waals surface area contributed by atoms with Crippen LogP contribution >= 0.6 is 23.2 Å². The standard InChI is InChI=1S/C18H16Cl2N4/c19-15-6-2-4-13(17(15)20)10-16-23-7-8-24(16)11-12-3-1-5-14(9-12)18(21)22/h1-9H,10-11H2,(H3,21,22). The molecule has 0 saturated heterocycles. The van der Waals surface area contributed by atoms with Gasteiger partial charge in [-0.15, -0.1) is 0 Å². The van der Waals surface area contributed by atoms with Crippen molar-refractivity contribution < 1.29 is 0 Å². The molecule has 0 atom stereocenters. The molecular formula is C18H16Cl2N4. The number of nitrogens with one attached hydrogen (secondary N) is 1. The Morgan fingerprint density at radius 1 is 1.17 bits per heavy atom. The van der Waals surface area contributed by atoms with Crippen molar-refractivity contribution in [2.24, 2.45) is 5.73 Å². The van der Waals surface area contributed by atoms with Gasteiger partial charge in [-0.3, -0.25) is 5.41 Å². The predicted octanol–water partition coefficient (Wildman–Crippen LogP) is 4.11. The number of aromatic nitrogens is 2. The molecule has 0 aliphatic carbocycles. The highest BCUT2D eigenvalue weighted by Crippen LogP contribution is 2.27. The minimum Gasteiger partial charge on any atom is -0.384 e. The number of nitrogens with two attached hydrogens (primary N) is 1. The van der Waals surface area contributed by atoms with Crippen LogP contribution in [0.25, 0.3) is 0 Å². The van der Waals surface area contributed by atoms with E-state index in [0.717, 1.165) is 17.0 Å². The second kappa shape index (κ2) is 7.07. The number of benzene rings is 2. The van der Waals surface area contributed by atoms with E-state index in [-0.39, 0.29) is 5.84 Å². The number of nitrogens with zero attached hydrogens (tertiary/aromatic N) is 2. The summed E-state index contributed by atoms with van der Waals surface area (Å²) in [5.41, 5.74) is 8.26. The lowest BCUT2D eigenvalue weighted by Crippen LogP contribution is -2.12. The maximum Gasteiger partial charge on any atom is 0.122 e. The van der Waals surface area contributed by atoms with E-state index in [1.165, 1.54) is 0 Å². The summed E-state index contributed by atoms with van der Waals surface area (Å²) in [7, 11) is 0. The second-order valence-electron chi connectivity index (χ2n) is 5.48. The average Bonchev–Trinajstić information content (AvgIpc) is 2.99. The zero-order valence-electron chi connectivity index (χ0n) is 12.8. The van der Waals surface area contributed by atoms with Gasteiger partial charge in [-0.05, 0) is 23.3 Å². The Bertz CT molecular complexity index is 886. The van der Waals surface area contributed by atoms with Crippen LogP contribution in [0.4, 0.5) is 0 Å². The molecule has 0 bridgehead atoms. The molecule has 3 rings (SSSR count). The highest BCUT2D eigenvalue weighted by Gasteiger charge is 2.10. The molecule has 2 aromatic carbocycles. The second-order valence-corrected chi connectivity index (χ2v) is 6.26. The van der Waals surface area contributed by atoms with E-state index in [0.29, 0.717) is 28.6 Å². The summed E-state index contributed by atoms with van der Waals surface area (Å²) in [4.78, 5) is 4.43. The molecule has 4 nitrogen and oxygen atoms in total. The van der Waals surface area contributed by atoms with Crippen LogP contribution in [0.15, 0.2) is 54.9 Å². The van der Waals surface area contributed by atoms with Crippen molar-refractivity contribution in [3.8, 4) is 0 Å². The Balaban J connectivity index is 1.84. The topological polar surface area (TPSA) is 67.7 Å². The van der Waals surface area contributed by atoms with Crippen molar-refractivity contribution in [2.45, 2.75) is 13.0 Å². The van der Waals surface area contributed by atoms with Crippen molar-refractivity contribution in [3.63, 3.8) is 0 Å². The zero-order chi connectivity index (χ0) is 17.1. The molecule has 1 aromatic heterocycles. The summed E-state index contributed by atoms with van der Waals surface area (Å²) >= 11 is 12.4. The van der Waals surface area contributed by atoms with Crippen LogP contribution in [0.2, 0.25) is 10.0 Å². The fourth-order valence-electron chi connectivity index (χ4n) is 2.54. The zero-order valence-corrected chi connectivity index (χ0v) is 14.3. The van der Waals surface area contributed by atoms with Crippen LogP contribution < -0.4 is 5.73 Å². The number of rotatable bonds is 5. The van der Waals surface area contributed by atoms with Crippen LogP contribution in [-0.4, -0.2) is 15.4 Å². The van der Waals surface area contributed by atoms with Crippen LogP contribution in [0.1, 0.15) is 22.5 Å². The van der Waals surface area contributed by atoms with E-state index in [4.69, 9.17) is 34.3 Å². The van der Waals surface area contributed by atoms with E-state index < -0.39 is 0 Å². The maximum absolute atomic E-state index is 7.55. The molecule has 0 amide bonds. The van der Waals surface area contributed by atoms with Crippen LogP contribution in [0.5, 0.6) is 0 Å². The van der Waals surface area contributed by atoms with Gasteiger partial charge in [-0.25, -0.2) is 4.98 Å². The first-order valence-electron chi connectivity index (χ1n) is 7.41. The summed E-state index contributed by atoms with van der Waals surface area (Å²) in [6.07, 6.45) is 4.29. The first-order chi connectivity index (χ1) is 11.5.